The van der Waals surface area contributed by atoms with Gasteiger partial charge in [-0.05, 0) is 42.3 Å². The first-order valence-corrected chi connectivity index (χ1v) is 8.22. The van der Waals surface area contributed by atoms with Crippen LogP contribution >= 0.6 is 0 Å². The van der Waals surface area contributed by atoms with E-state index in [1.807, 2.05) is 19.1 Å². The van der Waals surface area contributed by atoms with E-state index in [9.17, 15) is 8.42 Å². The minimum Gasteiger partial charge on any atom is -0.381 e. The molecule has 1 aromatic carbocycles. The highest BCUT2D eigenvalue weighted by atomic mass is 32.2. The highest BCUT2D eigenvalue weighted by Gasteiger charge is 2.12. The van der Waals surface area contributed by atoms with Crippen LogP contribution in [0.3, 0.4) is 0 Å². The maximum Gasteiger partial charge on any atom is 0.178 e. The van der Waals surface area contributed by atoms with Crippen LogP contribution in [0.25, 0.3) is 0 Å². The smallest absolute Gasteiger partial charge is 0.178 e. The molecule has 0 aliphatic heterocycles. The molecule has 0 unspecified atom stereocenters. The molecule has 0 bridgehead atoms. The second-order valence-electron chi connectivity index (χ2n) is 4.56. The van der Waals surface area contributed by atoms with Crippen molar-refractivity contribution in [3.05, 3.63) is 54.4 Å². The van der Waals surface area contributed by atoms with Gasteiger partial charge in [-0.3, -0.25) is 4.98 Å². The van der Waals surface area contributed by atoms with Crippen molar-refractivity contribution in [3.63, 3.8) is 0 Å². The zero-order chi connectivity index (χ0) is 14.4. The Kier molecular flexibility index (Phi) is 4.74. The Morgan fingerprint density at radius 1 is 1.15 bits per heavy atom. The summed E-state index contributed by atoms with van der Waals surface area (Å²) in [6.45, 7) is 2.52. The van der Waals surface area contributed by atoms with Crippen LogP contribution in [0.4, 0.5) is 5.69 Å². The lowest BCUT2D eigenvalue weighted by atomic mass is 10.2. The van der Waals surface area contributed by atoms with Crippen molar-refractivity contribution in [2.45, 2.75) is 24.8 Å². The van der Waals surface area contributed by atoms with Crippen LogP contribution in [0, 0.1) is 0 Å². The lowest BCUT2D eigenvalue weighted by Crippen LogP contribution is -2.06. The number of anilines is 1. The molecule has 1 heterocycles. The lowest BCUT2D eigenvalue weighted by molar-refractivity contribution is 0.595. The largest absolute Gasteiger partial charge is 0.381 e. The Balaban J connectivity index is 2.02. The predicted molar refractivity (Wildman–Crippen MR) is 80.3 cm³/mol. The number of benzene rings is 1. The third-order valence-corrected chi connectivity index (χ3v) is 4.84. The van der Waals surface area contributed by atoms with Crippen LogP contribution in [-0.4, -0.2) is 19.2 Å². The lowest BCUT2D eigenvalue weighted by Gasteiger charge is -2.08. The number of pyridine rings is 1. The first kappa shape index (κ1) is 14.5. The maximum absolute atomic E-state index is 11.9. The van der Waals surface area contributed by atoms with Gasteiger partial charge in [0.15, 0.2) is 9.84 Å². The summed E-state index contributed by atoms with van der Waals surface area (Å²) >= 11 is 0. The number of rotatable bonds is 6. The van der Waals surface area contributed by atoms with Crippen LogP contribution in [0.2, 0.25) is 0 Å². The van der Waals surface area contributed by atoms with Crippen molar-refractivity contribution >= 4 is 15.5 Å². The van der Waals surface area contributed by atoms with Crippen molar-refractivity contribution in [1.82, 2.24) is 4.98 Å². The third kappa shape index (κ3) is 3.81. The van der Waals surface area contributed by atoms with E-state index < -0.39 is 9.84 Å². The van der Waals surface area contributed by atoms with E-state index in [4.69, 9.17) is 0 Å². The summed E-state index contributed by atoms with van der Waals surface area (Å²) in [4.78, 5) is 4.43. The minimum atomic E-state index is -3.13. The summed E-state index contributed by atoms with van der Waals surface area (Å²) in [5.74, 6) is 0.190. The van der Waals surface area contributed by atoms with Crippen molar-refractivity contribution < 1.29 is 8.42 Å². The molecular formula is C15H18N2O2S. The molecule has 20 heavy (non-hydrogen) atoms. The molecule has 0 saturated carbocycles. The molecule has 0 fully saturated rings. The van der Waals surface area contributed by atoms with Crippen LogP contribution < -0.4 is 5.32 Å². The van der Waals surface area contributed by atoms with Gasteiger partial charge in [0.05, 0.1) is 10.6 Å². The molecule has 4 nitrogen and oxygen atoms in total. The van der Waals surface area contributed by atoms with E-state index in [0.29, 0.717) is 17.9 Å². The topological polar surface area (TPSA) is 59.1 Å². The second kappa shape index (κ2) is 6.52. The Labute approximate surface area is 119 Å². The van der Waals surface area contributed by atoms with Crippen molar-refractivity contribution in [3.8, 4) is 0 Å². The molecule has 0 spiro atoms. The predicted octanol–water partition coefficient (Wildman–Crippen LogP) is 2.88. The number of nitrogens with zero attached hydrogens (tertiary/aromatic N) is 1. The molecular weight excluding hydrogens is 272 g/mol. The van der Waals surface area contributed by atoms with Crippen LogP contribution in [0.5, 0.6) is 0 Å². The van der Waals surface area contributed by atoms with Crippen LogP contribution in [-0.2, 0) is 16.4 Å². The van der Waals surface area contributed by atoms with E-state index in [1.54, 1.807) is 36.7 Å². The standard InChI is InChI=1S/C15H18N2O2S/c1-2-10-20(18,19)15-7-5-14(6-8-15)17-12-13-4-3-9-16-11-13/h3-9,11,17H,2,10,12H2,1H3. The van der Waals surface area contributed by atoms with Gasteiger partial charge in [-0.25, -0.2) is 8.42 Å². The highest BCUT2D eigenvalue weighted by Crippen LogP contribution is 2.16. The number of sulfone groups is 1. The first-order chi connectivity index (χ1) is 9.62. The summed E-state index contributed by atoms with van der Waals surface area (Å²) in [5, 5.41) is 3.24. The van der Waals surface area contributed by atoms with E-state index in [2.05, 4.69) is 10.3 Å². The normalized spacial score (nSPS) is 11.2. The molecule has 1 aromatic heterocycles. The molecule has 2 rings (SSSR count). The van der Waals surface area contributed by atoms with Gasteiger partial charge >= 0.3 is 0 Å². The molecule has 0 aliphatic rings. The molecule has 2 aromatic rings. The third-order valence-electron chi connectivity index (χ3n) is 2.91. The van der Waals surface area contributed by atoms with Crippen LogP contribution in [0.1, 0.15) is 18.9 Å². The van der Waals surface area contributed by atoms with Gasteiger partial charge < -0.3 is 5.32 Å². The van der Waals surface area contributed by atoms with Crippen molar-refractivity contribution in [2.75, 3.05) is 11.1 Å². The minimum absolute atomic E-state index is 0.190. The fourth-order valence-electron chi connectivity index (χ4n) is 1.87. The van der Waals surface area contributed by atoms with Crippen LogP contribution in [0.15, 0.2) is 53.7 Å². The SMILES string of the molecule is CCCS(=O)(=O)c1ccc(NCc2cccnc2)cc1. The van der Waals surface area contributed by atoms with Gasteiger partial charge in [-0.15, -0.1) is 0 Å². The second-order valence-corrected chi connectivity index (χ2v) is 6.67. The number of nitrogens with one attached hydrogen (secondary N) is 1. The molecule has 1 N–H and O–H groups in total. The molecule has 0 saturated heterocycles. The summed E-state index contributed by atoms with van der Waals surface area (Å²) in [6.07, 6.45) is 4.16. The number of hydrogen-bond acceptors (Lipinski definition) is 4. The summed E-state index contributed by atoms with van der Waals surface area (Å²) < 4.78 is 23.8. The van der Waals surface area contributed by atoms with E-state index in [1.165, 1.54) is 0 Å². The molecule has 0 atom stereocenters. The Morgan fingerprint density at radius 3 is 2.50 bits per heavy atom. The molecule has 106 valence electrons. The quantitative estimate of drug-likeness (QED) is 0.888. The average molecular weight is 290 g/mol. The zero-order valence-corrected chi connectivity index (χ0v) is 12.2. The van der Waals surface area contributed by atoms with E-state index in [0.717, 1.165) is 11.3 Å². The van der Waals surface area contributed by atoms with E-state index >= 15 is 0 Å². The molecule has 0 radical (unpaired) electrons. The average Bonchev–Trinajstić information content (AvgIpc) is 2.47. The van der Waals surface area contributed by atoms with Gasteiger partial charge in [-0.2, -0.15) is 0 Å². The van der Waals surface area contributed by atoms with Crippen molar-refractivity contribution in [2.24, 2.45) is 0 Å². The van der Waals surface area contributed by atoms with Crippen molar-refractivity contribution in [1.29, 1.82) is 0 Å². The summed E-state index contributed by atoms with van der Waals surface area (Å²) in [7, 11) is -3.13. The van der Waals surface area contributed by atoms with Gasteiger partial charge in [0.2, 0.25) is 0 Å². The maximum atomic E-state index is 11.9. The Bertz CT molecular complexity index is 637. The summed E-state index contributed by atoms with van der Waals surface area (Å²) in [5.41, 5.74) is 1.97. The molecule has 0 aliphatic carbocycles. The first-order valence-electron chi connectivity index (χ1n) is 6.57. The highest BCUT2D eigenvalue weighted by molar-refractivity contribution is 7.91. The Morgan fingerprint density at radius 2 is 1.90 bits per heavy atom. The van der Waals surface area contributed by atoms with Gasteiger partial charge in [0.1, 0.15) is 0 Å². The number of hydrogen-bond donors (Lipinski definition) is 1. The zero-order valence-electron chi connectivity index (χ0n) is 11.4. The fourth-order valence-corrected chi connectivity index (χ4v) is 3.20. The van der Waals surface area contributed by atoms with E-state index in [-0.39, 0.29) is 5.75 Å². The molecule has 0 amide bonds. The molecule has 5 heteroatoms. The van der Waals surface area contributed by atoms with Gasteiger partial charge in [0.25, 0.3) is 0 Å². The number of aromatic nitrogens is 1. The van der Waals surface area contributed by atoms with Gasteiger partial charge in [0, 0.05) is 24.6 Å². The summed E-state index contributed by atoms with van der Waals surface area (Å²) in [6, 6.07) is 10.8. The van der Waals surface area contributed by atoms with Gasteiger partial charge in [-0.1, -0.05) is 13.0 Å². The monoisotopic (exact) mass is 290 g/mol. The fraction of sp³-hybridized carbons (Fsp3) is 0.267. The Hall–Kier alpha value is -1.88.